The Morgan fingerprint density at radius 2 is 1.67 bits per heavy atom. The lowest BCUT2D eigenvalue weighted by atomic mass is 10.1. The summed E-state index contributed by atoms with van der Waals surface area (Å²) in [5.41, 5.74) is 6.06. The predicted molar refractivity (Wildman–Crippen MR) is 140 cm³/mol. The molecule has 190 valence electrons. The number of rotatable bonds is 11. The minimum atomic E-state index is -0.735. The van der Waals surface area contributed by atoms with Gasteiger partial charge in [0.1, 0.15) is 29.7 Å². The average Bonchev–Trinajstić information content (AvgIpc) is 3.20. The molecule has 4 rings (SSSR count). The molecule has 36 heavy (non-hydrogen) atoms. The molecule has 0 spiro atoms. The summed E-state index contributed by atoms with van der Waals surface area (Å²) in [5, 5.41) is 10.8. The van der Waals surface area contributed by atoms with E-state index >= 15 is 0 Å². The van der Waals surface area contributed by atoms with Crippen molar-refractivity contribution in [3.05, 3.63) is 82.7 Å². The molecule has 1 N–H and O–H groups in total. The SMILES string of the molecule is COc1ccc(OC)c(COCC(O)Cn2c(COc3c(C)cc(C)cc3C)nc3ccccc32)c1. The van der Waals surface area contributed by atoms with Gasteiger partial charge in [0.2, 0.25) is 0 Å². The Labute approximate surface area is 212 Å². The Hall–Kier alpha value is -3.55. The zero-order valence-corrected chi connectivity index (χ0v) is 21.6. The van der Waals surface area contributed by atoms with Crippen LogP contribution in [0, 0.1) is 20.8 Å². The van der Waals surface area contributed by atoms with E-state index in [1.807, 2.05) is 47.0 Å². The zero-order chi connectivity index (χ0) is 25.7. The number of methoxy groups -OCH3 is 2. The van der Waals surface area contributed by atoms with Crippen LogP contribution >= 0.6 is 0 Å². The highest BCUT2D eigenvalue weighted by Crippen LogP contribution is 2.27. The molecule has 0 radical (unpaired) electrons. The van der Waals surface area contributed by atoms with Crippen LogP contribution in [0.5, 0.6) is 17.2 Å². The molecule has 1 aromatic heterocycles. The number of aliphatic hydroxyl groups excluding tert-OH is 1. The monoisotopic (exact) mass is 490 g/mol. The van der Waals surface area contributed by atoms with Gasteiger partial charge in [-0.2, -0.15) is 0 Å². The molecule has 7 heteroatoms. The summed E-state index contributed by atoms with van der Waals surface area (Å²) < 4.78 is 24.8. The van der Waals surface area contributed by atoms with E-state index in [4.69, 9.17) is 23.9 Å². The first kappa shape index (κ1) is 25.5. The van der Waals surface area contributed by atoms with Crippen LogP contribution in [0.3, 0.4) is 0 Å². The van der Waals surface area contributed by atoms with Crippen molar-refractivity contribution < 1.29 is 24.1 Å². The fourth-order valence-electron chi connectivity index (χ4n) is 4.53. The van der Waals surface area contributed by atoms with Gasteiger partial charge in [-0.05, 0) is 62.2 Å². The molecule has 0 aliphatic rings. The Balaban J connectivity index is 1.46. The van der Waals surface area contributed by atoms with Gasteiger partial charge in [-0.15, -0.1) is 0 Å². The van der Waals surface area contributed by atoms with Crippen LogP contribution in [0.1, 0.15) is 28.1 Å². The first-order chi connectivity index (χ1) is 17.4. The van der Waals surface area contributed by atoms with Gasteiger partial charge in [0.05, 0.1) is 51.1 Å². The second-order valence-corrected chi connectivity index (χ2v) is 8.99. The summed E-state index contributed by atoms with van der Waals surface area (Å²) in [5.74, 6) is 3.06. The molecule has 0 bridgehead atoms. The highest BCUT2D eigenvalue weighted by atomic mass is 16.5. The standard InChI is InChI=1S/C29H34N2O5/c1-19-12-20(2)29(21(3)13-19)36-18-28-30-25-8-6-7-9-26(25)31(28)15-23(32)17-35-16-22-14-24(33-4)10-11-27(22)34-5/h6-14,23,32H,15-18H2,1-5H3. The van der Waals surface area contributed by atoms with Gasteiger partial charge in [0.25, 0.3) is 0 Å². The van der Waals surface area contributed by atoms with E-state index in [0.717, 1.165) is 45.0 Å². The highest BCUT2D eigenvalue weighted by Gasteiger charge is 2.16. The molecule has 0 fully saturated rings. The number of aromatic nitrogens is 2. The topological polar surface area (TPSA) is 75.0 Å². The molecule has 0 saturated carbocycles. The first-order valence-corrected chi connectivity index (χ1v) is 12.0. The van der Waals surface area contributed by atoms with E-state index < -0.39 is 6.10 Å². The number of hydrogen-bond donors (Lipinski definition) is 1. The van der Waals surface area contributed by atoms with Crippen LogP contribution in [0.4, 0.5) is 0 Å². The molecule has 3 aromatic carbocycles. The normalized spacial score (nSPS) is 12.1. The number of aliphatic hydroxyl groups is 1. The number of aryl methyl sites for hydroxylation is 3. The third kappa shape index (κ3) is 5.80. The van der Waals surface area contributed by atoms with Crippen LogP contribution in [0.2, 0.25) is 0 Å². The van der Waals surface area contributed by atoms with Crippen molar-refractivity contribution in [2.24, 2.45) is 0 Å². The molecular weight excluding hydrogens is 456 g/mol. The van der Waals surface area contributed by atoms with E-state index in [0.29, 0.717) is 25.5 Å². The lowest BCUT2D eigenvalue weighted by Gasteiger charge is -2.17. The molecule has 0 saturated heterocycles. The lowest BCUT2D eigenvalue weighted by Crippen LogP contribution is -2.23. The van der Waals surface area contributed by atoms with Crippen molar-refractivity contribution in [2.75, 3.05) is 20.8 Å². The molecule has 0 amide bonds. The molecule has 0 aliphatic heterocycles. The van der Waals surface area contributed by atoms with Crippen LogP contribution < -0.4 is 14.2 Å². The van der Waals surface area contributed by atoms with E-state index in [2.05, 4.69) is 32.9 Å². The minimum absolute atomic E-state index is 0.156. The van der Waals surface area contributed by atoms with Gasteiger partial charge >= 0.3 is 0 Å². The fourth-order valence-corrected chi connectivity index (χ4v) is 4.53. The van der Waals surface area contributed by atoms with Crippen molar-refractivity contribution in [3.8, 4) is 17.2 Å². The van der Waals surface area contributed by atoms with Crippen LogP contribution in [0.25, 0.3) is 11.0 Å². The van der Waals surface area contributed by atoms with Crippen molar-refractivity contribution in [3.63, 3.8) is 0 Å². The smallest absolute Gasteiger partial charge is 0.148 e. The first-order valence-electron chi connectivity index (χ1n) is 12.0. The number of para-hydroxylation sites is 2. The summed E-state index contributed by atoms with van der Waals surface area (Å²) in [7, 11) is 3.24. The maximum Gasteiger partial charge on any atom is 0.148 e. The molecular formula is C29H34N2O5. The molecule has 1 unspecified atom stereocenters. The van der Waals surface area contributed by atoms with Crippen molar-refractivity contribution in [1.82, 2.24) is 9.55 Å². The molecule has 7 nitrogen and oxygen atoms in total. The number of ether oxygens (including phenoxy) is 4. The Bertz CT molecular complexity index is 1310. The number of imidazole rings is 1. The van der Waals surface area contributed by atoms with Crippen molar-refractivity contribution in [1.29, 1.82) is 0 Å². The summed E-state index contributed by atoms with van der Waals surface area (Å²) >= 11 is 0. The van der Waals surface area contributed by atoms with Crippen LogP contribution in [-0.2, 0) is 24.5 Å². The summed E-state index contributed by atoms with van der Waals surface area (Å²) in [4.78, 5) is 4.78. The van der Waals surface area contributed by atoms with Gasteiger partial charge in [-0.25, -0.2) is 4.98 Å². The van der Waals surface area contributed by atoms with Gasteiger partial charge in [0, 0.05) is 5.56 Å². The molecule has 1 atom stereocenters. The summed E-state index contributed by atoms with van der Waals surface area (Å²) in [6.45, 7) is 7.27. The predicted octanol–water partition coefficient (Wildman–Crippen LogP) is 5.14. The third-order valence-corrected chi connectivity index (χ3v) is 6.13. The molecule has 4 aromatic rings. The third-order valence-electron chi connectivity index (χ3n) is 6.13. The average molecular weight is 491 g/mol. The van der Waals surface area contributed by atoms with Crippen molar-refractivity contribution in [2.45, 2.75) is 46.6 Å². The number of fused-ring (bicyclic) bond motifs is 1. The minimum Gasteiger partial charge on any atom is -0.497 e. The van der Waals surface area contributed by atoms with Gasteiger partial charge < -0.3 is 28.6 Å². The van der Waals surface area contributed by atoms with Crippen LogP contribution in [0.15, 0.2) is 54.6 Å². The largest absolute Gasteiger partial charge is 0.497 e. The van der Waals surface area contributed by atoms with E-state index in [1.165, 1.54) is 5.56 Å². The number of benzene rings is 3. The lowest BCUT2D eigenvalue weighted by molar-refractivity contribution is 0.0195. The van der Waals surface area contributed by atoms with E-state index in [9.17, 15) is 5.11 Å². The summed E-state index contributed by atoms with van der Waals surface area (Å²) in [6, 6.07) is 17.7. The number of nitrogens with zero attached hydrogens (tertiary/aromatic N) is 2. The molecule has 0 aliphatic carbocycles. The Morgan fingerprint density at radius 3 is 2.39 bits per heavy atom. The zero-order valence-electron chi connectivity index (χ0n) is 21.6. The summed E-state index contributed by atoms with van der Waals surface area (Å²) in [6.07, 6.45) is -0.735. The van der Waals surface area contributed by atoms with Gasteiger partial charge in [-0.3, -0.25) is 0 Å². The van der Waals surface area contributed by atoms with Crippen LogP contribution in [-0.4, -0.2) is 41.6 Å². The fraction of sp³-hybridized carbons (Fsp3) is 0.345. The maximum atomic E-state index is 10.8. The van der Waals surface area contributed by atoms with Crippen molar-refractivity contribution >= 4 is 11.0 Å². The maximum absolute atomic E-state index is 10.8. The Kier molecular flexibility index (Phi) is 8.13. The number of hydrogen-bond acceptors (Lipinski definition) is 6. The molecule has 1 heterocycles. The second-order valence-electron chi connectivity index (χ2n) is 8.99. The van der Waals surface area contributed by atoms with E-state index in [1.54, 1.807) is 14.2 Å². The second kappa shape index (κ2) is 11.5. The van der Waals surface area contributed by atoms with Gasteiger partial charge in [0.15, 0.2) is 0 Å². The highest BCUT2D eigenvalue weighted by molar-refractivity contribution is 5.75. The quantitative estimate of drug-likeness (QED) is 0.314. The Morgan fingerprint density at radius 1 is 0.917 bits per heavy atom. The van der Waals surface area contributed by atoms with Gasteiger partial charge in [-0.1, -0.05) is 29.8 Å². The van der Waals surface area contributed by atoms with E-state index in [-0.39, 0.29) is 6.61 Å².